The van der Waals surface area contributed by atoms with Crippen LogP contribution < -0.4 is 4.74 Å². The fraction of sp³-hybridized carbons (Fsp3) is 0.357. The van der Waals surface area contributed by atoms with Gasteiger partial charge < -0.3 is 14.5 Å². The van der Waals surface area contributed by atoms with E-state index >= 15 is 0 Å². The molecule has 2 aliphatic rings. The molecule has 2 amide bonds. The molecular formula is C28H29FN2O3S. The molecule has 0 unspecified atom stereocenters. The quantitative estimate of drug-likeness (QED) is 0.431. The predicted octanol–water partition coefficient (Wildman–Crippen LogP) is 5.25. The molecule has 5 rings (SSSR count). The Hall–Kier alpha value is -3.19. The number of carbonyl (C=O) groups excluding carboxylic acids is 2. The molecular weight excluding hydrogens is 463 g/mol. The Morgan fingerprint density at radius 3 is 2.74 bits per heavy atom. The number of ether oxygens (including phenoxy) is 1. The third-order valence-corrected chi connectivity index (χ3v) is 7.78. The van der Waals surface area contributed by atoms with Crippen molar-refractivity contribution in [2.24, 2.45) is 5.92 Å². The number of aryl methyl sites for hydroxylation is 1. The lowest BCUT2D eigenvalue weighted by molar-refractivity contribution is -0.135. The normalized spacial score (nSPS) is 17.1. The van der Waals surface area contributed by atoms with Gasteiger partial charge in [0.1, 0.15) is 24.7 Å². The standard InChI is InChI=1S/C28H29FN2O3S/c1-19-5-2-3-8-23(19)28(33)30(16-20-9-10-20)17-27(32)31-13-11-26-24(12-14-35-26)25(31)18-34-22-7-4-6-21(29)15-22/h2-8,12,14-15,20,25H,9-11,13,16-18H2,1H3/t25-/m1/s1. The van der Waals surface area contributed by atoms with Gasteiger partial charge >= 0.3 is 0 Å². The highest BCUT2D eigenvalue weighted by Gasteiger charge is 2.35. The first-order chi connectivity index (χ1) is 17.0. The molecule has 0 N–H and O–H groups in total. The highest BCUT2D eigenvalue weighted by molar-refractivity contribution is 7.10. The Morgan fingerprint density at radius 1 is 1.14 bits per heavy atom. The molecule has 1 aromatic heterocycles. The molecule has 0 saturated heterocycles. The van der Waals surface area contributed by atoms with Crippen LogP contribution in [0.4, 0.5) is 4.39 Å². The van der Waals surface area contributed by atoms with E-state index < -0.39 is 0 Å². The predicted molar refractivity (Wildman–Crippen MR) is 134 cm³/mol. The van der Waals surface area contributed by atoms with E-state index in [9.17, 15) is 14.0 Å². The number of amides is 2. The van der Waals surface area contributed by atoms with Gasteiger partial charge in [0.05, 0.1) is 6.04 Å². The largest absolute Gasteiger partial charge is 0.491 e. The molecule has 2 heterocycles. The third kappa shape index (κ3) is 5.40. The molecule has 0 bridgehead atoms. The topological polar surface area (TPSA) is 49.9 Å². The zero-order chi connectivity index (χ0) is 24.4. The van der Waals surface area contributed by atoms with Crippen LogP contribution in [0, 0.1) is 18.7 Å². The number of hydrogen-bond donors (Lipinski definition) is 0. The SMILES string of the molecule is Cc1ccccc1C(=O)N(CC(=O)N1CCc2sccc2[C@H]1COc1cccc(F)c1)CC1CC1. The van der Waals surface area contributed by atoms with Crippen molar-refractivity contribution >= 4 is 23.2 Å². The van der Waals surface area contributed by atoms with Gasteiger partial charge in [-0.2, -0.15) is 0 Å². The van der Waals surface area contributed by atoms with Crippen LogP contribution in [-0.4, -0.2) is 47.9 Å². The van der Waals surface area contributed by atoms with Crippen LogP contribution in [0.25, 0.3) is 0 Å². The average molecular weight is 493 g/mol. The number of carbonyl (C=O) groups is 2. The van der Waals surface area contributed by atoms with Gasteiger partial charge in [-0.25, -0.2) is 4.39 Å². The maximum atomic E-state index is 13.7. The van der Waals surface area contributed by atoms with Crippen molar-refractivity contribution in [3.05, 3.63) is 87.4 Å². The van der Waals surface area contributed by atoms with E-state index in [1.807, 2.05) is 47.5 Å². The summed E-state index contributed by atoms with van der Waals surface area (Å²) in [6.45, 7) is 3.36. The lowest BCUT2D eigenvalue weighted by atomic mass is 10.00. The molecule has 35 heavy (non-hydrogen) atoms. The second kappa shape index (κ2) is 10.2. The van der Waals surface area contributed by atoms with E-state index in [1.165, 1.54) is 17.0 Å². The summed E-state index contributed by atoms with van der Waals surface area (Å²) in [5, 5.41) is 2.04. The summed E-state index contributed by atoms with van der Waals surface area (Å²) in [4.78, 5) is 31.9. The van der Waals surface area contributed by atoms with Crippen LogP contribution in [-0.2, 0) is 11.2 Å². The van der Waals surface area contributed by atoms with Crippen LogP contribution >= 0.6 is 11.3 Å². The number of fused-ring (bicyclic) bond motifs is 1. The van der Waals surface area contributed by atoms with Gasteiger partial charge in [0.15, 0.2) is 0 Å². The van der Waals surface area contributed by atoms with E-state index in [-0.39, 0.29) is 36.8 Å². The number of nitrogens with zero attached hydrogens (tertiary/aromatic N) is 2. The van der Waals surface area contributed by atoms with E-state index in [0.29, 0.717) is 30.3 Å². The molecule has 1 fully saturated rings. The average Bonchev–Trinajstić information content (AvgIpc) is 3.54. The Labute approximate surface area is 209 Å². The van der Waals surface area contributed by atoms with E-state index in [2.05, 4.69) is 0 Å². The zero-order valence-electron chi connectivity index (χ0n) is 19.8. The molecule has 3 aromatic rings. The van der Waals surface area contributed by atoms with Crippen LogP contribution in [0.5, 0.6) is 5.75 Å². The molecule has 7 heteroatoms. The molecule has 2 aromatic carbocycles. The fourth-order valence-electron chi connectivity index (χ4n) is 4.68. The molecule has 182 valence electrons. The summed E-state index contributed by atoms with van der Waals surface area (Å²) < 4.78 is 19.6. The zero-order valence-corrected chi connectivity index (χ0v) is 20.6. The smallest absolute Gasteiger partial charge is 0.254 e. The van der Waals surface area contributed by atoms with Gasteiger partial charge in [-0.1, -0.05) is 24.3 Å². The van der Waals surface area contributed by atoms with Gasteiger partial charge in [0.2, 0.25) is 5.91 Å². The van der Waals surface area contributed by atoms with E-state index in [0.717, 1.165) is 30.4 Å². The Bertz CT molecular complexity index is 1220. The molecule has 0 radical (unpaired) electrons. The van der Waals surface area contributed by atoms with Crippen LogP contribution in [0.2, 0.25) is 0 Å². The van der Waals surface area contributed by atoms with Crippen molar-refractivity contribution in [1.82, 2.24) is 9.80 Å². The van der Waals surface area contributed by atoms with Gasteiger partial charge in [-0.3, -0.25) is 9.59 Å². The Morgan fingerprint density at radius 2 is 1.97 bits per heavy atom. The van der Waals surface area contributed by atoms with E-state index in [1.54, 1.807) is 28.4 Å². The summed E-state index contributed by atoms with van der Waals surface area (Å²) in [5.41, 5.74) is 2.63. The number of hydrogen-bond acceptors (Lipinski definition) is 4. The lowest BCUT2D eigenvalue weighted by Crippen LogP contribution is -2.48. The minimum absolute atomic E-state index is 0.0413. The van der Waals surface area contributed by atoms with Gasteiger partial charge in [-0.05, 0) is 72.9 Å². The van der Waals surface area contributed by atoms with Crippen molar-refractivity contribution in [3.8, 4) is 5.75 Å². The minimum atomic E-state index is -0.360. The number of benzene rings is 2. The number of halogens is 1. The molecule has 0 spiro atoms. The Kier molecular flexibility index (Phi) is 6.86. The first-order valence-electron chi connectivity index (χ1n) is 12.1. The first kappa shape index (κ1) is 23.5. The highest BCUT2D eigenvalue weighted by atomic mass is 32.1. The monoisotopic (exact) mass is 492 g/mol. The summed E-state index contributed by atoms with van der Waals surface area (Å²) in [6, 6.07) is 15.3. The first-order valence-corrected chi connectivity index (χ1v) is 13.0. The summed E-state index contributed by atoms with van der Waals surface area (Å²) in [6.07, 6.45) is 2.97. The van der Waals surface area contributed by atoms with Crippen LogP contribution in [0.3, 0.4) is 0 Å². The fourth-order valence-corrected chi connectivity index (χ4v) is 5.60. The van der Waals surface area contributed by atoms with Crippen molar-refractivity contribution < 1.29 is 18.7 Å². The molecule has 1 aliphatic carbocycles. The highest BCUT2D eigenvalue weighted by Crippen LogP contribution is 2.35. The maximum Gasteiger partial charge on any atom is 0.254 e. The molecule has 1 aliphatic heterocycles. The molecule has 5 nitrogen and oxygen atoms in total. The van der Waals surface area contributed by atoms with E-state index in [4.69, 9.17) is 4.74 Å². The van der Waals surface area contributed by atoms with Gasteiger partial charge in [-0.15, -0.1) is 11.3 Å². The summed E-state index contributed by atoms with van der Waals surface area (Å²) in [7, 11) is 0. The van der Waals surface area contributed by atoms with Gasteiger partial charge in [0, 0.05) is 29.6 Å². The number of thiophene rings is 1. The second-order valence-electron chi connectivity index (χ2n) is 9.36. The lowest BCUT2D eigenvalue weighted by Gasteiger charge is -2.37. The Balaban J connectivity index is 1.35. The summed E-state index contributed by atoms with van der Waals surface area (Å²) in [5.74, 6) is 0.361. The van der Waals surface area contributed by atoms with Crippen LogP contribution in [0.15, 0.2) is 60.0 Å². The minimum Gasteiger partial charge on any atom is -0.491 e. The van der Waals surface area contributed by atoms with Gasteiger partial charge in [0.25, 0.3) is 5.91 Å². The maximum absolute atomic E-state index is 13.7. The third-order valence-electron chi connectivity index (χ3n) is 6.78. The van der Waals surface area contributed by atoms with Crippen molar-refractivity contribution in [3.63, 3.8) is 0 Å². The molecule has 1 atom stereocenters. The van der Waals surface area contributed by atoms with Crippen molar-refractivity contribution in [1.29, 1.82) is 0 Å². The summed E-state index contributed by atoms with van der Waals surface area (Å²) >= 11 is 1.68. The number of rotatable bonds is 8. The van der Waals surface area contributed by atoms with Crippen molar-refractivity contribution in [2.75, 3.05) is 26.2 Å². The second-order valence-corrected chi connectivity index (χ2v) is 10.4. The van der Waals surface area contributed by atoms with Crippen molar-refractivity contribution in [2.45, 2.75) is 32.2 Å². The molecule has 1 saturated carbocycles. The van der Waals surface area contributed by atoms with Crippen LogP contribution in [0.1, 0.15) is 45.2 Å².